The number of rotatable bonds is 14. The van der Waals surface area contributed by atoms with Crippen LogP contribution in [0.1, 0.15) is 104 Å². The molecule has 0 fully saturated rings. The minimum absolute atomic E-state index is 0.195. The fourth-order valence-corrected chi connectivity index (χ4v) is 11.2. The molecule has 1 atom stereocenters. The van der Waals surface area contributed by atoms with Crippen molar-refractivity contribution in [2.24, 2.45) is 0 Å². The summed E-state index contributed by atoms with van der Waals surface area (Å²) in [5.41, 5.74) is 19.5. The Labute approximate surface area is 392 Å². The predicted octanol–water partition coefficient (Wildman–Crippen LogP) is 16.0. The molecule has 2 aliphatic rings. The highest BCUT2D eigenvalue weighted by molar-refractivity contribution is 6.74. The van der Waals surface area contributed by atoms with Crippen LogP contribution in [0.4, 0.5) is 17.1 Å². The Morgan fingerprint density at radius 3 is 1.70 bits per heavy atom. The van der Waals surface area contributed by atoms with Gasteiger partial charge in [0.15, 0.2) is 0 Å². The van der Waals surface area contributed by atoms with Crippen LogP contribution in [0.2, 0.25) is 6.32 Å². The Morgan fingerprint density at radius 2 is 1.03 bits per heavy atom. The van der Waals surface area contributed by atoms with Crippen molar-refractivity contribution in [3.63, 3.8) is 0 Å². The number of hydrogen-bond donors (Lipinski definition) is 0. The van der Waals surface area contributed by atoms with Crippen LogP contribution >= 0.6 is 0 Å². The number of aryl methyl sites for hydroxylation is 1. The van der Waals surface area contributed by atoms with Gasteiger partial charge in [0.2, 0.25) is 0 Å². The SMILES string of the molecule is CC1(C)c2cc(N(c3ccccc3)c3ccccc3)ccc2-c2cc3c(cc21)-c1c(cc(CC(c2ccccc2)c2ccc(CCCCCCB(C#N)C#N)cc2)c2ccccc12)C3(C)C. The van der Waals surface area contributed by atoms with Gasteiger partial charge in [0.05, 0.1) is 0 Å². The van der Waals surface area contributed by atoms with E-state index in [-0.39, 0.29) is 16.7 Å². The molecule has 0 heterocycles. The first-order chi connectivity index (χ1) is 32.2. The number of fused-ring (bicyclic) bond motifs is 8. The number of hydrogen-bond acceptors (Lipinski definition) is 3. The van der Waals surface area contributed by atoms with Crippen molar-refractivity contribution in [2.45, 2.75) is 89.3 Å². The maximum atomic E-state index is 9.09. The lowest BCUT2D eigenvalue weighted by Gasteiger charge is -2.28. The molecule has 0 aliphatic heterocycles. The molecule has 0 saturated heterocycles. The third kappa shape index (κ3) is 7.69. The van der Waals surface area contributed by atoms with Gasteiger partial charge in [-0.25, -0.2) is 10.5 Å². The summed E-state index contributed by atoms with van der Waals surface area (Å²) in [7, 11) is 0. The molecule has 8 aromatic carbocycles. The molecule has 0 saturated carbocycles. The molecule has 0 amide bonds. The van der Waals surface area contributed by atoms with E-state index in [1.54, 1.807) is 0 Å². The fourth-order valence-electron chi connectivity index (χ4n) is 11.2. The largest absolute Gasteiger partial charge is 0.386 e. The molecule has 4 heteroatoms. The van der Waals surface area contributed by atoms with Gasteiger partial charge in [0.1, 0.15) is 0 Å². The zero-order valence-corrected chi connectivity index (χ0v) is 38.7. The van der Waals surface area contributed by atoms with Crippen LogP contribution in [0.15, 0.2) is 176 Å². The second-order valence-electron chi connectivity index (χ2n) is 19.6. The highest BCUT2D eigenvalue weighted by Crippen LogP contribution is 2.58. The first kappa shape index (κ1) is 42.8. The monoisotopic (exact) mass is 853 g/mol. The Hall–Kier alpha value is -7.14. The van der Waals surface area contributed by atoms with Crippen LogP contribution in [-0.2, 0) is 23.7 Å². The van der Waals surface area contributed by atoms with E-state index in [0.29, 0.717) is 6.32 Å². The summed E-state index contributed by atoms with van der Waals surface area (Å²) < 4.78 is 0. The summed E-state index contributed by atoms with van der Waals surface area (Å²) >= 11 is 0. The van der Waals surface area contributed by atoms with Crippen molar-refractivity contribution < 1.29 is 0 Å². The van der Waals surface area contributed by atoms with Crippen LogP contribution in [-0.4, -0.2) is 6.71 Å². The summed E-state index contributed by atoms with van der Waals surface area (Å²) in [6.07, 6.45) is 6.83. The summed E-state index contributed by atoms with van der Waals surface area (Å²) in [4.78, 5) is 2.37. The molecular weight excluding hydrogens is 798 g/mol. The molecule has 0 aromatic heterocycles. The lowest BCUT2D eigenvalue weighted by Crippen LogP contribution is -2.17. The van der Waals surface area contributed by atoms with Gasteiger partial charge in [0, 0.05) is 45.7 Å². The number of anilines is 3. The average molecular weight is 854 g/mol. The van der Waals surface area contributed by atoms with Crippen molar-refractivity contribution in [3.05, 3.63) is 220 Å². The van der Waals surface area contributed by atoms with Crippen molar-refractivity contribution in [3.8, 4) is 34.2 Å². The van der Waals surface area contributed by atoms with E-state index in [2.05, 4.69) is 220 Å². The maximum absolute atomic E-state index is 9.09. The minimum atomic E-state index is -0.478. The van der Waals surface area contributed by atoms with Crippen LogP contribution in [0.3, 0.4) is 0 Å². The van der Waals surface area contributed by atoms with Crippen LogP contribution in [0, 0.1) is 22.5 Å². The molecule has 0 N–H and O–H groups in total. The summed E-state index contributed by atoms with van der Waals surface area (Å²) in [5, 5.41) is 20.9. The average Bonchev–Trinajstić information content (AvgIpc) is 3.71. The molecule has 0 spiro atoms. The number of nitrogens with zero attached hydrogens (tertiary/aromatic N) is 3. The van der Waals surface area contributed by atoms with E-state index in [4.69, 9.17) is 10.5 Å². The van der Waals surface area contributed by atoms with Gasteiger partial charge < -0.3 is 4.90 Å². The number of benzene rings is 8. The summed E-state index contributed by atoms with van der Waals surface area (Å²) in [6, 6.07) is 65.8. The highest BCUT2D eigenvalue weighted by Gasteiger charge is 2.43. The Kier molecular flexibility index (Phi) is 11.5. The van der Waals surface area contributed by atoms with E-state index in [1.165, 1.54) is 83.2 Å². The van der Waals surface area contributed by atoms with Gasteiger partial charge in [-0.2, -0.15) is 0 Å². The molecule has 322 valence electrons. The van der Waals surface area contributed by atoms with Gasteiger partial charge in [-0.15, -0.1) is 0 Å². The molecule has 3 nitrogen and oxygen atoms in total. The molecule has 1 unspecified atom stereocenters. The van der Waals surface area contributed by atoms with Gasteiger partial charge in [-0.05, 0) is 152 Å². The summed E-state index contributed by atoms with van der Waals surface area (Å²) in [5.74, 6) is 4.40. The zero-order valence-electron chi connectivity index (χ0n) is 38.7. The predicted molar refractivity (Wildman–Crippen MR) is 276 cm³/mol. The van der Waals surface area contributed by atoms with E-state index >= 15 is 0 Å². The van der Waals surface area contributed by atoms with Crippen molar-refractivity contribution >= 4 is 34.5 Å². The molecular formula is C62H56BN3. The fraction of sp³-hybridized carbons (Fsp3) is 0.226. The molecule has 0 bridgehead atoms. The van der Waals surface area contributed by atoms with E-state index in [0.717, 1.165) is 49.9 Å². The first-order valence-electron chi connectivity index (χ1n) is 23.9. The third-order valence-corrected chi connectivity index (χ3v) is 14.9. The molecule has 10 rings (SSSR count). The topological polar surface area (TPSA) is 50.8 Å². The van der Waals surface area contributed by atoms with Crippen LogP contribution < -0.4 is 4.90 Å². The minimum Gasteiger partial charge on any atom is -0.310 e. The first-order valence-corrected chi connectivity index (χ1v) is 23.9. The lowest BCUT2D eigenvalue weighted by atomic mass is 9.50. The smallest absolute Gasteiger partial charge is 0.310 e. The Bertz CT molecular complexity index is 3090. The van der Waals surface area contributed by atoms with Crippen LogP contribution in [0.5, 0.6) is 0 Å². The van der Waals surface area contributed by atoms with Gasteiger partial charge in [-0.3, -0.25) is 0 Å². The van der Waals surface area contributed by atoms with Gasteiger partial charge in [-0.1, -0.05) is 174 Å². The van der Waals surface area contributed by atoms with Crippen LogP contribution in [0.25, 0.3) is 33.0 Å². The van der Waals surface area contributed by atoms with Crippen molar-refractivity contribution in [2.75, 3.05) is 4.90 Å². The third-order valence-electron chi connectivity index (χ3n) is 14.9. The molecule has 8 aromatic rings. The summed E-state index contributed by atoms with van der Waals surface area (Å²) in [6.45, 7) is 9.22. The van der Waals surface area contributed by atoms with E-state index < -0.39 is 6.71 Å². The second kappa shape index (κ2) is 17.7. The number of nitriles is 2. The molecule has 66 heavy (non-hydrogen) atoms. The molecule has 2 aliphatic carbocycles. The zero-order chi connectivity index (χ0) is 45.4. The Morgan fingerprint density at radius 1 is 0.485 bits per heavy atom. The van der Waals surface area contributed by atoms with E-state index in [9.17, 15) is 0 Å². The Balaban J connectivity index is 0.981. The second-order valence-corrected chi connectivity index (χ2v) is 19.6. The van der Waals surface area contributed by atoms with Gasteiger partial charge >= 0.3 is 6.71 Å². The quantitative estimate of drug-likeness (QED) is 0.0809. The molecule has 0 radical (unpaired) electrons. The maximum Gasteiger partial charge on any atom is 0.386 e. The van der Waals surface area contributed by atoms with E-state index in [1.807, 2.05) is 0 Å². The van der Waals surface area contributed by atoms with Gasteiger partial charge in [0.25, 0.3) is 0 Å². The number of para-hydroxylation sites is 2. The standard InChI is InChI=1S/C62H56BN3/c1-61(2)56-38-49(66(47-23-13-8-14-24-47)48-25-15-9-16-26-48)33-34-51(56)54-39-58-55(40-57(54)61)60-52-28-18-17-27-50(52)46(37-59(60)62(58,3)4)36-53(44-21-11-7-12-22-44)45-31-29-43(30-32-45)20-10-5-6-19-35-63(41-64)42-65/h7-9,11-18,21-34,37-40,53H,5-6,10,19-20,35-36H2,1-4H3. The lowest BCUT2D eigenvalue weighted by molar-refractivity contribution is 0.651. The van der Waals surface area contributed by atoms with Crippen molar-refractivity contribution in [1.82, 2.24) is 0 Å². The normalized spacial score (nSPS) is 14.0. The van der Waals surface area contributed by atoms with Crippen molar-refractivity contribution in [1.29, 1.82) is 10.5 Å². The number of unbranched alkanes of at least 4 members (excludes halogenated alkanes) is 3. The highest BCUT2D eigenvalue weighted by atomic mass is 15.1.